The molecule has 0 bridgehead atoms. The van der Waals surface area contributed by atoms with Crippen molar-refractivity contribution < 1.29 is 18.8 Å². The third-order valence-corrected chi connectivity index (χ3v) is 3.71. The molecule has 0 aliphatic carbocycles. The number of carbonyl (C=O) groups is 3. The minimum Gasteiger partial charge on any atom is -0.467 e. The number of furan rings is 1. The van der Waals surface area contributed by atoms with Gasteiger partial charge >= 0.3 is 0 Å². The van der Waals surface area contributed by atoms with Gasteiger partial charge in [-0.1, -0.05) is 11.6 Å². The van der Waals surface area contributed by atoms with Crippen LogP contribution in [0, 0.1) is 0 Å². The third kappa shape index (κ3) is 6.98. The number of nitrogens with one attached hydrogen (secondary N) is 3. The summed E-state index contributed by atoms with van der Waals surface area (Å²) < 4.78 is 5.09. The van der Waals surface area contributed by atoms with Gasteiger partial charge < -0.3 is 20.4 Å². The van der Waals surface area contributed by atoms with Crippen molar-refractivity contribution >= 4 is 29.3 Å². The van der Waals surface area contributed by atoms with Crippen molar-refractivity contribution in [3.63, 3.8) is 0 Å². The summed E-state index contributed by atoms with van der Waals surface area (Å²) >= 11 is 5.77. The lowest BCUT2D eigenvalue weighted by atomic mass is 10.2. The van der Waals surface area contributed by atoms with Gasteiger partial charge in [0.2, 0.25) is 11.8 Å². The fraction of sp³-hybridized carbons (Fsp3) is 0.278. The Morgan fingerprint density at radius 3 is 2.42 bits per heavy atom. The Kier molecular flexibility index (Phi) is 7.70. The van der Waals surface area contributed by atoms with Gasteiger partial charge in [-0.3, -0.25) is 14.4 Å². The molecule has 0 radical (unpaired) electrons. The molecule has 0 saturated carbocycles. The Bertz CT molecular complexity index is 729. The number of hydrogen-bond donors (Lipinski definition) is 3. The summed E-state index contributed by atoms with van der Waals surface area (Å²) in [4.78, 5) is 35.2. The molecule has 1 heterocycles. The highest BCUT2D eigenvalue weighted by Gasteiger charge is 2.08. The molecule has 1 aromatic carbocycles. The summed E-state index contributed by atoms with van der Waals surface area (Å²) in [5.41, 5.74) is 0.507. The molecule has 0 aliphatic heterocycles. The lowest BCUT2D eigenvalue weighted by Crippen LogP contribution is -2.36. The van der Waals surface area contributed by atoms with E-state index in [0.29, 0.717) is 29.3 Å². The molecule has 2 rings (SSSR count). The van der Waals surface area contributed by atoms with Crippen LogP contribution in [-0.4, -0.2) is 30.8 Å². The number of halogens is 1. The zero-order chi connectivity index (χ0) is 18.8. The van der Waals surface area contributed by atoms with Crippen molar-refractivity contribution in [2.45, 2.75) is 19.4 Å². The van der Waals surface area contributed by atoms with E-state index in [1.165, 1.54) is 6.26 Å². The second-order valence-corrected chi connectivity index (χ2v) is 5.94. The van der Waals surface area contributed by atoms with Gasteiger partial charge in [-0.15, -0.1) is 0 Å². The normalized spacial score (nSPS) is 10.2. The molecule has 0 atom stereocenters. The van der Waals surface area contributed by atoms with E-state index in [-0.39, 0.29) is 37.2 Å². The quantitative estimate of drug-likeness (QED) is 0.581. The monoisotopic (exact) mass is 377 g/mol. The summed E-state index contributed by atoms with van der Waals surface area (Å²) in [5, 5.41) is 8.44. The molecule has 0 saturated heterocycles. The van der Waals surface area contributed by atoms with Crippen LogP contribution in [0.3, 0.4) is 0 Å². The smallest absolute Gasteiger partial charge is 0.251 e. The Balaban J connectivity index is 1.55. The van der Waals surface area contributed by atoms with E-state index in [1.807, 2.05) is 0 Å². The molecular weight excluding hydrogens is 358 g/mol. The maximum Gasteiger partial charge on any atom is 0.251 e. The standard InChI is InChI=1S/C18H20ClN3O4/c19-14-7-5-13(6-8-14)18(25)20-9-1-4-16(23)22-12-17(24)21-11-15-3-2-10-26-15/h2-3,5-8,10H,1,4,9,11-12H2,(H,20,25)(H,21,24)(H,22,23). The van der Waals surface area contributed by atoms with Crippen LogP contribution in [0.1, 0.15) is 29.0 Å². The summed E-state index contributed by atoms with van der Waals surface area (Å²) in [7, 11) is 0. The van der Waals surface area contributed by atoms with Crippen molar-refractivity contribution in [2.75, 3.05) is 13.1 Å². The number of amides is 3. The SMILES string of the molecule is O=C(CCCNC(=O)c1ccc(Cl)cc1)NCC(=O)NCc1ccco1. The summed E-state index contributed by atoms with van der Waals surface area (Å²) in [6.45, 7) is 0.536. The van der Waals surface area contributed by atoms with E-state index >= 15 is 0 Å². The van der Waals surface area contributed by atoms with Gasteiger partial charge in [0.1, 0.15) is 5.76 Å². The van der Waals surface area contributed by atoms with E-state index < -0.39 is 0 Å². The number of benzene rings is 1. The van der Waals surface area contributed by atoms with Gasteiger partial charge in [0.05, 0.1) is 19.4 Å². The number of rotatable bonds is 9. The van der Waals surface area contributed by atoms with Crippen molar-refractivity contribution in [1.29, 1.82) is 0 Å². The van der Waals surface area contributed by atoms with Crippen LogP contribution in [0.15, 0.2) is 47.1 Å². The number of carbonyl (C=O) groups excluding carboxylic acids is 3. The highest BCUT2D eigenvalue weighted by molar-refractivity contribution is 6.30. The molecular formula is C18H20ClN3O4. The maximum absolute atomic E-state index is 11.9. The van der Waals surface area contributed by atoms with E-state index in [0.717, 1.165) is 0 Å². The average molecular weight is 378 g/mol. The van der Waals surface area contributed by atoms with Crippen LogP contribution < -0.4 is 16.0 Å². The van der Waals surface area contributed by atoms with Gasteiger partial charge in [-0.25, -0.2) is 0 Å². The van der Waals surface area contributed by atoms with Crippen LogP contribution >= 0.6 is 11.6 Å². The van der Waals surface area contributed by atoms with Crippen LogP contribution in [-0.2, 0) is 16.1 Å². The lowest BCUT2D eigenvalue weighted by molar-refractivity contribution is -0.126. The highest BCUT2D eigenvalue weighted by Crippen LogP contribution is 2.09. The second-order valence-electron chi connectivity index (χ2n) is 5.50. The van der Waals surface area contributed by atoms with Crippen LogP contribution in [0.4, 0.5) is 0 Å². The van der Waals surface area contributed by atoms with Gasteiger partial charge in [-0.05, 0) is 42.8 Å². The molecule has 0 aliphatic rings. The summed E-state index contributed by atoms with van der Waals surface area (Å²) in [6, 6.07) is 10.0. The highest BCUT2D eigenvalue weighted by atomic mass is 35.5. The molecule has 0 unspecified atom stereocenters. The Morgan fingerprint density at radius 2 is 1.73 bits per heavy atom. The molecule has 7 nitrogen and oxygen atoms in total. The summed E-state index contributed by atoms with van der Waals surface area (Å²) in [5.74, 6) is -0.134. The number of hydrogen-bond acceptors (Lipinski definition) is 4. The van der Waals surface area contributed by atoms with Gasteiger partial charge in [0, 0.05) is 23.6 Å². The van der Waals surface area contributed by atoms with Crippen LogP contribution in [0.5, 0.6) is 0 Å². The molecule has 8 heteroatoms. The van der Waals surface area contributed by atoms with E-state index in [1.54, 1.807) is 36.4 Å². The molecule has 3 amide bonds. The average Bonchev–Trinajstić information content (AvgIpc) is 3.16. The van der Waals surface area contributed by atoms with Gasteiger partial charge in [0.25, 0.3) is 5.91 Å². The molecule has 3 N–H and O–H groups in total. The minimum atomic E-state index is -0.300. The first-order chi connectivity index (χ1) is 12.5. The topological polar surface area (TPSA) is 100 Å². The zero-order valence-electron chi connectivity index (χ0n) is 14.1. The fourth-order valence-electron chi connectivity index (χ4n) is 2.08. The largest absolute Gasteiger partial charge is 0.467 e. The Morgan fingerprint density at radius 1 is 0.962 bits per heavy atom. The van der Waals surface area contributed by atoms with Crippen molar-refractivity contribution in [3.8, 4) is 0 Å². The van der Waals surface area contributed by atoms with E-state index in [4.69, 9.17) is 16.0 Å². The van der Waals surface area contributed by atoms with Gasteiger partial charge in [0.15, 0.2) is 0 Å². The predicted molar refractivity (Wildman–Crippen MR) is 96.6 cm³/mol. The van der Waals surface area contributed by atoms with E-state index in [9.17, 15) is 14.4 Å². The first kappa shape index (κ1) is 19.5. The summed E-state index contributed by atoms with van der Waals surface area (Å²) in [6.07, 6.45) is 2.21. The Labute approximate surface area is 156 Å². The fourth-order valence-corrected chi connectivity index (χ4v) is 2.21. The van der Waals surface area contributed by atoms with E-state index in [2.05, 4.69) is 16.0 Å². The first-order valence-electron chi connectivity index (χ1n) is 8.14. The second kappa shape index (κ2) is 10.2. The van der Waals surface area contributed by atoms with Crippen LogP contribution in [0.25, 0.3) is 0 Å². The van der Waals surface area contributed by atoms with Gasteiger partial charge in [-0.2, -0.15) is 0 Å². The predicted octanol–water partition coefficient (Wildman–Crippen LogP) is 1.88. The first-order valence-corrected chi connectivity index (χ1v) is 8.52. The molecule has 0 fully saturated rings. The van der Waals surface area contributed by atoms with Crippen molar-refractivity contribution in [2.24, 2.45) is 0 Å². The third-order valence-electron chi connectivity index (χ3n) is 3.46. The van der Waals surface area contributed by atoms with Crippen molar-refractivity contribution in [3.05, 3.63) is 59.0 Å². The molecule has 2 aromatic rings. The molecule has 138 valence electrons. The minimum absolute atomic E-state index is 0.101. The van der Waals surface area contributed by atoms with Crippen molar-refractivity contribution in [1.82, 2.24) is 16.0 Å². The lowest BCUT2D eigenvalue weighted by Gasteiger charge is -2.07. The maximum atomic E-state index is 11.9. The Hall–Kier alpha value is -2.80. The molecule has 1 aromatic heterocycles. The zero-order valence-corrected chi connectivity index (χ0v) is 14.8. The van der Waals surface area contributed by atoms with Crippen LogP contribution in [0.2, 0.25) is 5.02 Å². The molecule has 26 heavy (non-hydrogen) atoms. The molecule has 0 spiro atoms.